The van der Waals surface area contributed by atoms with E-state index in [1.165, 1.54) is 13.2 Å². The van der Waals surface area contributed by atoms with Gasteiger partial charge in [0.2, 0.25) is 11.6 Å². The molecule has 0 aliphatic heterocycles. The first-order valence-corrected chi connectivity index (χ1v) is 8.07. The number of aliphatic hydroxyl groups excluding tert-OH is 1. The highest BCUT2D eigenvalue weighted by Gasteiger charge is 2.43. The molecular weight excluding hydrogens is 316 g/mol. The number of ether oxygens (including phenoxy) is 2. The molecule has 0 fully saturated rings. The van der Waals surface area contributed by atoms with Crippen LogP contribution in [0, 0.1) is 0 Å². The van der Waals surface area contributed by atoms with Gasteiger partial charge in [-0.1, -0.05) is 60.7 Å². The molecule has 2 aromatic carbocycles. The van der Waals surface area contributed by atoms with Crippen molar-refractivity contribution in [1.82, 2.24) is 0 Å². The number of carbonyl (C=O) groups is 1. The van der Waals surface area contributed by atoms with Gasteiger partial charge >= 0.3 is 0 Å². The average molecular weight is 336 g/mol. The Hall–Kier alpha value is -2.69. The van der Waals surface area contributed by atoms with Crippen LogP contribution in [0.3, 0.4) is 0 Å². The molecule has 4 nitrogen and oxygen atoms in total. The lowest BCUT2D eigenvalue weighted by atomic mass is 9.85. The lowest BCUT2D eigenvalue weighted by Gasteiger charge is -2.34. The molecule has 0 aromatic heterocycles. The second-order valence-corrected chi connectivity index (χ2v) is 5.85. The third-order valence-electron chi connectivity index (χ3n) is 4.31. The minimum Gasteiger partial charge on any atom is -0.515 e. The predicted molar refractivity (Wildman–Crippen MR) is 95.7 cm³/mol. The summed E-state index contributed by atoms with van der Waals surface area (Å²) in [4.78, 5) is 12.8. The summed E-state index contributed by atoms with van der Waals surface area (Å²) in [6.45, 7) is 0.244. The van der Waals surface area contributed by atoms with Crippen molar-refractivity contribution in [1.29, 1.82) is 0 Å². The summed E-state index contributed by atoms with van der Waals surface area (Å²) in [7, 11) is 1.44. The number of ketones is 1. The van der Waals surface area contributed by atoms with Crippen molar-refractivity contribution >= 4 is 11.4 Å². The molecule has 4 heteroatoms. The monoisotopic (exact) mass is 336 g/mol. The SMILES string of the molecule is COC1(OCc2ccccc2)CC(=CO)C(c2ccccc2)=CC1=O. The van der Waals surface area contributed by atoms with Crippen LogP contribution in [-0.4, -0.2) is 23.8 Å². The minimum atomic E-state index is -1.43. The smallest absolute Gasteiger partial charge is 0.237 e. The highest BCUT2D eigenvalue weighted by atomic mass is 16.7. The van der Waals surface area contributed by atoms with Crippen molar-refractivity contribution in [3.05, 3.63) is 89.7 Å². The van der Waals surface area contributed by atoms with Crippen molar-refractivity contribution < 1.29 is 19.4 Å². The van der Waals surface area contributed by atoms with Gasteiger partial charge in [0, 0.05) is 19.1 Å². The number of hydrogen-bond donors (Lipinski definition) is 1. The van der Waals surface area contributed by atoms with E-state index in [0.29, 0.717) is 11.1 Å². The Morgan fingerprint density at radius 1 is 1.08 bits per heavy atom. The summed E-state index contributed by atoms with van der Waals surface area (Å²) in [5.41, 5.74) is 3.09. The van der Waals surface area contributed by atoms with E-state index < -0.39 is 5.79 Å². The topological polar surface area (TPSA) is 55.8 Å². The quantitative estimate of drug-likeness (QED) is 0.661. The molecule has 3 rings (SSSR count). The molecule has 25 heavy (non-hydrogen) atoms. The van der Waals surface area contributed by atoms with Gasteiger partial charge in [-0.25, -0.2) is 0 Å². The number of carbonyl (C=O) groups excluding carboxylic acids is 1. The number of rotatable bonds is 5. The first kappa shape index (κ1) is 17.1. The van der Waals surface area contributed by atoms with E-state index in [2.05, 4.69) is 0 Å². The average Bonchev–Trinajstić information content (AvgIpc) is 2.68. The zero-order valence-corrected chi connectivity index (χ0v) is 14.0. The van der Waals surface area contributed by atoms with Crippen LogP contribution < -0.4 is 0 Å². The van der Waals surface area contributed by atoms with Crippen LogP contribution in [0.2, 0.25) is 0 Å². The van der Waals surface area contributed by atoms with Crippen LogP contribution in [-0.2, 0) is 20.9 Å². The van der Waals surface area contributed by atoms with Crippen LogP contribution in [0.1, 0.15) is 17.5 Å². The Morgan fingerprint density at radius 3 is 2.32 bits per heavy atom. The largest absolute Gasteiger partial charge is 0.515 e. The van der Waals surface area contributed by atoms with E-state index in [4.69, 9.17) is 9.47 Å². The molecule has 1 N–H and O–H groups in total. The van der Waals surface area contributed by atoms with Crippen LogP contribution in [0.25, 0.3) is 5.57 Å². The van der Waals surface area contributed by atoms with Crippen LogP contribution in [0.4, 0.5) is 0 Å². The Bertz CT molecular complexity index is 793. The van der Waals surface area contributed by atoms with Gasteiger partial charge in [-0.3, -0.25) is 4.79 Å². The fourth-order valence-electron chi connectivity index (χ4n) is 2.90. The molecule has 128 valence electrons. The van der Waals surface area contributed by atoms with E-state index in [9.17, 15) is 9.90 Å². The van der Waals surface area contributed by atoms with Crippen LogP contribution >= 0.6 is 0 Å². The standard InChI is InChI=1S/C21H20O4/c1-24-21(25-15-16-8-4-2-5-9-16)13-18(14-22)19(12-20(21)23)17-10-6-3-7-11-17/h2-12,14,22H,13,15H2,1H3. The molecule has 0 saturated carbocycles. The predicted octanol–water partition coefficient (Wildman–Crippen LogP) is 4.04. The van der Waals surface area contributed by atoms with Gasteiger partial charge < -0.3 is 14.6 Å². The molecule has 1 atom stereocenters. The van der Waals surface area contributed by atoms with Crippen molar-refractivity contribution in [3.8, 4) is 0 Å². The highest BCUT2D eigenvalue weighted by Crippen LogP contribution is 2.38. The normalized spacial score (nSPS) is 22.0. The van der Waals surface area contributed by atoms with E-state index in [1.54, 1.807) is 0 Å². The Balaban J connectivity index is 1.89. The second-order valence-electron chi connectivity index (χ2n) is 5.85. The molecule has 0 heterocycles. The zero-order chi connectivity index (χ0) is 17.7. The van der Waals surface area contributed by atoms with Crippen LogP contribution in [0.15, 0.2) is 78.6 Å². The van der Waals surface area contributed by atoms with E-state index in [1.807, 2.05) is 60.7 Å². The number of allylic oxidation sites excluding steroid dienone is 1. The summed E-state index contributed by atoms with van der Waals surface area (Å²) in [5, 5.41) is 9.70. The summed E-state index contributed by atoms with van der Waals surface area (Å²) in [6.07, 6.45) is 2.65. The molecule has 1 aliphatic rings. The molecule has 1 aliphatic carbocycles. The van der Waals surface area contributed by atoms with Gasteiger partial charge in [0.15, 0.2) is 0 Å². The van der Waals surface area contributed by atoms with E-state index >= 15 is 0 Å². The summed E-state index contributed by atoms with van der Waals surface area (Å²) < 4.78 is 11.3. The molecule has 1 unspecified atom stereocenters. The fraction of sp³-hybridized carbons (Fsp3) is 0.190. The lowest BCUT2D eigenvalue weighted by Crippen LogP contribution is -2.45. The molecular formula is C21H20O4. The second kappa shape index (κ2) is 7.47. The number of methoxy groups -OCH3 is 1. The van der Waals surface area contributed by atoms with Crippen molar-refractivity contribution in [2.75, 3.05) is 7.11 Å². The molecule has 2 aromatic rings. The number of benzene rings is 2. The Morgan fingerprint density at radius 2 is 1.72 bits per heavy atom. The third kappa shape index (κ3) is 3.55. The van der Waals surface area contributed by atoms with Gasteiger partial charge in [-0.2, -0.15) is 0 Å². The first-order valence-electron chi connectivity index (χ1n) is 8.07. The van der Waals surface area contributed by atoms with Gasteiger partial charge in [-0.05, 0) is 22.8 Å². The van der Waals surface area contributed by atoms with Gasteiger partial charge in [0.25, 0.3) is 0 Å². The maximum absolute atomic E-state index is 12.8. The fourth-order valence-corrected chi connectivity index (χ4v) is 2.90. The van der Waals surface area contributed by atoms with Gasteiger partial charge in [-0.15, -0.1) is 0 Å². The lowest BCUT2D eigenvalue weighted by molar-refractivity contribution is -0.219. The third-order valence-corrected chi connectivity index (χ3v) is 4.31. The van der Waals surface area contributed by atoms with Crippen LogP contribution in [0.5, 0.6) is 0 Å². The minimum absolute atomic E-state index is 0.145. The Kier molecular flexibility index (Phi) is 5.12. The highest BCUT2D eigenvalue weighted by molar-refractivity contribution is 6.07. The summed E-state index contributed by atoms with van der Waals surface area (Å²) >= 11 is 0. The van der Waals surface area contributed by atoms with E-state index in [0.717, 1.165) is 17.4 Å². The van der Waals surface area contributed by atoms with Crippen molar-refractivity contribution in [3.63, 3.8) is 0 Å². The maximum atomic E-state index is 12.8. The first-order chi connectivity index (χ1) is 12.2. The van der Waals surface area contributed by atoms with Gasteiger partial charge in [0.05, 0.1) is 12.9 Å². The molecule has 0 bridgehead atoms. The number of aliphatic hydroxyl groups is 1. The summed E-state index contributed by atoms with van der Waals surface area (Å²) in [6, 6.07) is 19.1. The number of hydrogen-bond acceptors (Lipinski definition) is 4. The van der Waals surface area contributed by atoms with Crippen molar-refractivity contribution in [2.45, 2.75) is 18.8 Å². The molecule has 0 saturated heterocycles. The maximum Gasteiger partial charge on any atom is 0.237 e. The summed E-state index contributed by atoms with van der Waals surface area (Å²) in [5.74, 6) is -1.70. The molecule has 0 spiro atoms. The van der Waals surface area contributed by atoms with E-state index in [-0.39, 0.29) is 18.8 Å². The van der Waals surface area contributed by atoms with Crippen molar-refractivity contribution in [2.24, 2.45) is 0 Å². The van der Waals surface area contributed by atoms with Gasteiger partial charge in [0.1, 0.15) is 0 Å². The Labute approximate surface area is 147 Å². The molecule has 0 amide bonds. The molecule has 0 radical (unpaired) electrons. The zero-order valence-electron chi connectivity index (χ0n) is 14.0.